The Morgan fingerprint density at radius 1 is 1.00 bits per heavy atom. The summed E-state index contributed by atoms with van der Waals surface area (Å²) in [6, 6.07) is 10.0. The van der Waals surface area contributed by atoms with Gasteiger partial charge in [0, 0.05) is 17.2 Å². The second kappa shape index (κ2) is 6.21. The molecule has 0 spiro atoms. The SMILES string of the molecule is COc1ccc2c3c(ccc2c1)OC(c1cc(F)c(F)cc1F)C(N)C3. The Kier molecular flexibility index (Phi) is 4.00. The van der Waals surface area contributed by atoms with Crippen LogP contribution in [0.5, 0.6) is 11.5 Å². The Hall–Kier alpha value is -2.73. The molecular weight excluding hydrogens is 343 g/mol. The molecule has 0 aromatic heterocycles. The smallest absolute Gasteiger partial charge is 0.161 e. The molecule has 0 radical (unpaired) electrons. The number of fused-ring (bicyclic) bond motifs is 3. The third-order valence-electron chi connectivity index (χ3n) is 4.72. The minimum absolute atomic E-state index is 0.0862. The zero-order chi connectivity index (χ0) is 18.4. The number of halogens is 3. The highest BCUT2D eigenvalue weighted by molar-refractivity contribution is 5.89. The number of methoxy groups -OCH3 is 1. The van der Waals surface area contributed by atoms with Crippen molar-refractivity contribution in [3.05, 3.63) is 71.0 Å². The fraction of sp³-hybridized carbons (Fsp3) is 0.200. The number of nitrogens with two attached hydrogens (primary N) is 1. The molecule has 0 fully saturated rings. The first kappa shape index (κ1) is 16.7. The first-order valence-corrected chi connectivity index (χ1v) is 8.14. The molecule has 1 heterocycles. The first-order chi connectivity index (χ1) is 12.5. The molecule has 0 aliphatic carbocycles. The van der Waals surface area contributed by atoms with Gasteiger partial charge < -0.3 is 15.2 Å². The molecule has 4 rings (SSSR count). The third kappa shape index (κ3) is 2.66. The molecule has 3 aromatic rings. The van der Waals surface area contributed by atoms with Gasteiger partial charge in [-0.15, -0.1) is 0 Å². The van der Waals surface area contributed by atoms with Crippen LogP contribution in [0, 0.1) is 17.5 Å². The zero-order valence-corrected chi connectivity index (χ0v) is 13.9. The molecule has 1 aliphatic rings. The summed E-state index contributed by atoms with van der Waals surface area (Å²) in [7, 11) is 1.60. The zero-order valence-electron chi connectivity index (χ0n) is 13.9. The lowest BCUT2D eigenvalue weighted by atomic mass is 9.90. The topological polar surface area (TPSA) is 44.5 Å². The van der Waals surface area contributed by atoms with Gasteiger partial charge in [0.25, 0.3) is 0 Å². The van der Waals surface area contributed by atoms with E-state index in [2.05, 4.69) is 0 Å². The second-order valence-corrected chi connectivity index (χ2v) is 6.32. The highest BCUT2D eigenvalue weighted by Gasteiger charge is 2.32. The van der Waals surface area contributed by atoms with E-state index >= 15 is 0 Å². The monoisotopic (exact) mass is 359 g/mol. The van der Waals surface area contributed by atoms with Gasteiger partial charge in [0.1, 0.15) is 23.4 Å². The molecular formula is C20H16F3NO2. The highest BCUT2D eigenvalue weighted by Crippen LogP contribution is 2.40. The quantitative estimate of drug-likeness (QED) is 0.695. The summed E-state index contributed by atoms with van der Waals surface area (Å²) in [6.45, 7) is 0. The summed E-state index contributed by atoms with van der Waals surface area (Å²) in [5, 5.41) is 1.93. The van der Waals surface area contributed by atoms with Crippen LogP contribution in [-0.4, -0.2) is 13.2 Å². The maximum Gasteiger partial charge on any atom is 0.161 e. The molecule has 26 heavy (non-hydrogen) atoms. The fourth-order valence-electron chi connectivity index (χ4n) is 3.42. The van der Waals surface area contributed by atoms with Gasteiger partial charge in [-0.05, 0) is 41.5 Å². The van der Waals surface area contributed by atoms with Gasteiger partial charge in [0.15, 0.2) is 11.6 Å². The van der Waals surface area contributed by atoms with E-state index in [1.54, 1.807) is 13.2 Å². The maximum absolute atomic E-state index is 14.1. The molecule has 3 aromatic carbocycles. The van der Waals surface area contributed by atoms with Crippen LogP contribution in [0.15, 0.2) is 42.5 Å². The Labute approximate surface area is 148 Å². The Bertz CT molecular complexity index is 1010. The Balaban J connectivity index is 1.77. The van der Waals surface area contributed by atoms with E-state index in [4.69, 9.17) is 15.2 Å². The molecule has 0 saturated carbocycles. The predicted molar refractivity (Wildman–Crippen MR) is 91.9 cm³/mol. The molecule has 0 bridgehead atoms. The van der Waals surface area contributed by atoms with Gasteiger partial charge in [-0.3, -0.25) is 0 Å². The number of hydrogen-bond donors (Lipinski definition) is 1. The van der Waals surface area contributed by atoms with Crippen molar-refractivity contribution in [3.63, 3.8) is 0 Å². The average molecular weight is 359 g/mol. The van der Waals surface area contributed by atoms with Crippen molar-refractivity contribution < 1.29 is 22.6 Å². The largest absolute Gasteiger partial charge is 0.497 e. The lowest BCUT2D eigenvalue weighted by Crippen LogP contribution is -2.38. The van der Waals surface area contributed by atoms with Crippen molar-refractivity contribution in [1.82, 2.24) is 0 Å². The van der Waals surface area contributed by atoms with Crippen LogP contribution >= 0.6 is 0 Å². The highest BCUT2D eigenvalue weighted by atomic mass is 19.2. The summed E-state index contributed by atoms with van der Waals surface area (Å²) in [5.41, 5.74) is 7.01. The van der Waals surface area contributed by atoms with Crippen LogP contribution in [0.1, 0.15) is 17.2 Å². The van der Waals surface area contributed by atoms with Gasteiger partial charge in [0.05, 0.1) is 13.2 Å². The second-order valence-electron chi connectivity index (χ2n) is 6.32. The number of ether oxygens (including phenoxy) is 2. The van der Waals surface area contributed by atoms with E-state index < -0.39 is 29.6 Å². The number of hydrogen-bond acceptors (Lipinski definition) is 3. The molecule has 1 aliphatic heterocycles. The van der Waals surface area contributed by atoms with Gasteiger partial charge in [0.2, 0.25) is 0 Å². The van der Waals surface area contributed by atoms with Crippen LogP contribution in [0.25, 0.3) is 10.8 Å². The van der Waals surface area contributed by atoms with Crippen molar-refractivity contribution in [2.75, 3.05) is 7.11 Å². The van der Waals surface area contributed by atoms with Crippen molar-refractivity contribution >= 4 is 10.8 Å². The van der Waals surface area contributed by atoms with Crippen LogP contribution in [-0.2, 0) is 6.42 Å². The minimum Gasteiger partial charge on any atom is -0.497 e. The molecule has 0 amide bonds. The molecule has 6 heteroatoms. The third-order valence-corrected chi connectivity index (χ3v) is 4.72. The summed E-state index contributed by atoms with van der Waals surface area (Å²) in [5.74, 6) is -1.96. The van der Waals surface area contributed by atoms with E-state index in [0.717, 1.165) is 28.2 Å². The van der Waals surface area contributed by atoms with Crippen LogP contribution in [0.3, 0.4) is 0 Å². The van der Waals surface area contributed by atoms with Gasteiger partial charge in [-0.25, -0.2) is 13.2 Å². The molecule has 0 saturated heterocycles. The molecule has 3 nitrogen and oxygen atoms in total. The molecule has 2 N–H and O–H groups in total. The van der Waals surface area contributed by atoms with Crippen LogP contribution in [0.4, 0.5) is 13.2 Å². The van der Waals surface area contributed by atoms with Crippen LogP contribution in [0.2, 0.25) is 0 Å². The standard InChI is InChI=1S/C20H16F3NO2/c1-25-11-3-4-12-10(6-11)2-5-19-13(12)8-18(24)20(26-19)14-7-16(22)17(23)9-15(14)21/h2-7,9,18,20H,8,24H2,1H3. The van der Waals surface area contributed by atoms with E-state index in [1.165, 1.54) is 0 Å². The Morgan fingerprint density at radius 3 is 2.54 bits per heavy atom. The van der Waals surface area contributed by atoms with Crippen molar-refractivity contribution in [3.8, 4) is 11.5 Å². The average Bonchev–Trinajstić information content (AvgIpc) is 2.64. The van der Waals surface area contributed by atoms with Crippen molar-refractivity contribution in [2.45, 2.75) is 18.6 Å². The van der Waals surface area contributed by atoms with Gasteiger partial charge in [-0.2, -0.15) is 0 Å². The molecule has 2 atom stereocenters. The molecule has 134 valence electrons. The van der Waals surface area contributed by atoms with E-state index in [-0.39, 0.29) is 5.56 Å². The lowest BCUT2D eigenvalue weighted by Gasteiger charge is -2.32. The summed E-state index contributed by atoms with van der Waals surface area (Å²) >= 11 is 0. The van der Waals surface area contributed by atoms with E-state index in [1.807, 2.05) is 24.3 Å². The van der Waals surface area contributed by atoms with Gasteiger partial charge >= 0.3 is 0 Å². The van der Waals surface area contributed by atoms with E-state index in [9.17, 15) is 13.2 Å². The summed E-state index contributed by atoms with van der Waals surface area (Å²) in [6.07, 6.45) is -0.476. The fourth-order valence-corrected chi connectivity index (χ4v) is 3.42. The van der Waals surface area contributed by atoms with Crippen molar-refractivity contribution in [1.29, 1.82) is 0 Å². The van der Waals surface area contributed by atoms with Crippen molar-refractivity contribution in [2.24, 2.45) is 5.73 Å². The maximum atomic E-state index is 14.1. The van der Waals surface area contributed by atoms with Crippen LogP contribution < -0.4 is 15.2 Å². The van der Waals surface area contributed by atoms with Gasteiger partial charge in [-0.1, -0.05) is 12.1 Å². The normalized spacial score (nSPS) is 19.1. The number of benzene rings is 3. The Morgan fingerprint density at radius 2 is 1.77 bits per heavy atom. The lowest BCUT2D eigenvalue weighted by molar-refractivity contribution is 0.149. The summed E-state index contributed by atoms with van der Waals surface area (Å²) < 4.78 is 52.0. The number of rotatable bonds is 2. The predicted octanol–water partition coefficient (Wildman–Crippen LogP) is 4.27. The molecule has 2 unspecified atom stereocenters. The summed E-state index contributed by atoms with van der Waals surface area (Å²) in [4.78, 5) is 0. The first-order valence-electron chi connectivity index (χ1n) is 8.14. The van der Waals surface area contributed by atoms with E-state index in [0.29, 0.717) is 18.2 Å². The minimum atomic E-state index is -1.24.